The number of aliphatic hydroxyl groups is 1. The second kappa shape index (κ2) is 9.44. The number of carboxylic acid groups (broad SMARTS) is 1. The van der Waals surface area contributed by atoms with Crippen LogP contribution in [-0.4, -0.2) is 47.4 Å². The molecule has 0 aromatic carbocycles. The summed E-state index contributed by atoms with van der Waals surface area (Å²) in [6, 6.07) is -1.01. The van der Waals surface area contributed by atoms with Gasteiger partial charge in [0.2, 0.25) is 0 Å². The van der Waals surface area contributed by atoms with Gasteiger partial charge in [-0.2, -0.15) is 0 Å². The number of carboxylic acids is 1. The van der Waals surface area contributed by atoms with Crippen LogP contribution in [0.1, 0.15) is 32.6 Å². The molecule has 1 aliphatic rings. The molecule has 0 heterocycles. The summed E-state index contributed by atoms with van der Waals surface area (Å²) in [7, 11) is 0. The fourth-order valence-electron chi connectivity index (χ4n) is 1.87. The van der Waals surface area contributed by atoms with E-state index in [0.717, 1.165) is 18.4 Å². The first kappa shape index (κ1) is 17.6. The lowest BCUT2D eigenvalue weighted by atomic mass is 10.1. The van der Waals surface area contributed by atoms with E-state index in [0.29, 0.717) is 6.42 Å². The third-order valence-corrected chi connectivity index (χ3v) is 3.19. The largest absolute Gasteiger partial charge is 0.480 e. The van der Waals surface area contributed by atoms with E-state index in [-0.39, 0.29) is 25.4 Å². The fraction of sp³-hybridized carbons (Fsp3) is 0.600. The first-order chi connectivity index (χ1) is 10.0. The van der Waals surface area contributed by atoms with Crippen molar-refractivity contribution in [1.82, 2.24) is 5.32 Å². The van der Waals surface area contributed by atoms with Gasteiger partial charge in [-0.15, -0.1) is 0 Å². The summed E-state index contributed by atoms with van der Waals surface area (Å²) < 4.78 is 5.24. The van der Waals surface area contributed by atoms with Crippen molar-refractivity contribution in [3.05, 3.63) is 23.8 Å². The van der Waals surface area contributed by atoms with Crippen LogP contribution in [0.15, 0.2) is 23.8 Å². The zero-order valence-corrected chi connectivity index (χ0v) is 12.2. The molecule has 3 N–H and O–H groups in total. The Morgan fingerprint density at radius 3 is 2.76 bits per heavy atom. The number of nitrogens with one attached hydrogen (secondary N) is 1. The minimum absolute atomic E-state index is 0.0198. The number of Topliss-reactive ketones (excluding diaryl/α,β-unsaturated/α-hetero) is 1. The van der Waals surface area contributed by atoms with Crippen LogP contribution in [-0.2, 0) is 14.3 Å². The molecule has 0 aromatic rings. The number of ketones is 1. The van der Waals surface area contributed by atoms with Gasteiger partial charge in [-0.25, -0.2) is 0 Å². The van der Waals surface area contributed by atoms with Gasteiger partial charge < -0.3 is 14.9 Å². The summed E-state index contributed by atoms with van der Waals surface area (Å²) in [5.41, 5.74) is 0.973. The number of hydrogen-bond donors (Lipinski definition) is 3. The Bertz CT molecular complexity index is 416. The molecule has 0 saturated heterocycles. The molecule has 2 unspecified atom stereocenters. The SMILES string of the molecule is CCC(=O)CNC(CC(O)OCC1=CCCC=C1)C(=O)O. The monoisotopic (exact) mass is 297 g/mol. The average molecular weight is 297 g/mol. The quantitative estimate of drug-likeness (QED) is 0.521. The van der Waals surface area contributed by atoms with E-state index in [1.807, 2.05) is 18.2 Å². The molecule has 6 nitrogen and oxygen atoms in total. The van der Waals surface area contributed by atoms with Crippen molar-refractivity contribution in [2.24, 2.45) is 0 Å². The van der Waals surface area contributed by atoms with Gasteiger partial charge in [0.15, 0.2) is 6.29 Å². The van der Waals surface area contributed by atoms with Crippen LogP contribution < -0.4 is 5.32 Å². The first-order valence-electron chi connectivity index (χ1n) is 7.16. The van der Waals surface area contributed by atoms with Gasteiger partial charge in [0.1, 0.15) is 11.8 Å². The molecule has 0 saturated carbocycles. The lowest BCUT2D eigenvalue weighted by Crippen LogP contribution is -2.42. The molecule has 6 heteroatoms. The number of allylic oxidation sites excluding steroid dienone is 2. The van der Waals surface area contributed by atoms with Gasteiger partial charge >= 0.3 is 5.97 Å². The zero-order chi connectivity index (χ0) is 15.7. The standard InChI is InChI=1S/C15H23NO5/c1-2-12(17)9-16-13(15(19)20)8-14(18)21-10-11-6-4-3-5-7-11/h4,6-7,13-14,16,18H,2-3,5,8-10H2,1H3,(H,19,20). The zero-order valence-electron chi connectivity index (χ0n) is 12.2. The predicted octanol–water partition coefficient (Wildman–Crippen LogP) is 1.01. The van der Waals surface area contributed by atoms with Crippen LogP contribution in [0.5, 0.6) is 0 Å². The summed E-state index contributed by atoms with van der Waals surface area (Å²) in [4.78, 5) is 22.3. The van der Waals surface area contributed by atoms with Crippen LogP contribution in [0, 0.1) is 0 Å². The molecule has 0 spiro atoms. The molecular weight excluding hydrogens is 274 g/mol. The van der Waals surface area contributed by atoms with E-state index in [9.17, 15) is 14.7 Å². The molecule has 21 heavy (non-hydrogen) atoms. The highest BCUT2D eigenvalue weighted by Gasteiger charge is 2.22. The molecule has 1 aliphatic carbocycles. The van der Waals surface area contributed by atoms with Gasteiger partial charge in [-0.1, -0.05) is 25.2 Å². The number of carbonyl (C=O) groups is 2. The van der Waals surface area contributed by atoms with Crippen molar-refractivity contribution in [3.8, 4) is 0 Å². The Morgan fingerprint density at radius 2 is 2.19 bits per heavy atom. The molecule has 0 fully saturated rings. The lowest BCUT2D eigenvalue weighted by Gasteiger charge is -2.19. The molecule has 0 radical (unpaired) electrons. The van der Waals surface area contributed by atoms with E-state index in [4.69, 9.17) is 9.84 Å². The second-order valence-corrected chi connectivity index (χ2v) is 4.92. The van der Waals surface area contributed by atoms with Crippen molar-refractivity contribution in [3.63, 3.8) is 0 Å². The van der Waals surface area contributed by atoms with E-state index in [2.05, 4.69) is 5.32 Å². The Kier molecular flexibility index (Phi) is 7.89. The second-order valence-electron chi connectivity index (χ2n) is 4.92. The van der Waals surface area contributed by atoms with Crippen molar-refractivity contribution < 1.29 is 24.5 Å². The molecule has 2 atom stereocenters. The van der Waals surface area contributed by atoms with E-state index < -0.39 is 18.3 Å². The summed E-state index contributed by atoms with van der Waals surface area (Å²) >= 11 is 0. The highest BCUT2D eigenvalue weighted by molar-refractivity contribution is 5.81. The minimum Gasteiger partial charge on any atom is -0.480 e. The topological polar surface area (TPSA) is 95.9 Å². The molecule has 1 rings (SSSR count). The Balaban J connectivity index is 2.35. The molecule has 0 bridgehead atoms. The highest BCUT2D eigenvalue weighted by Crippen LogP contribution is 2.11. The number of aliphatic hydroxyl groups excluding tert-OH is 1. The first-order valence-corrected chi connectivity index (χ1v) is 7.16. The van der Waals surface area contributed by atoms with Crippen LogP contribution in [0.3, 0.4) is 0 Å². The number of ether oxygens (including phenoxy) is 1. The normalized spacial score (nSPS) is 17.1. The molecule has 118 valence electrons. The predicted molar refractivity (Wildman–Crippen MR) is 77.8 cm³/mol. The van der Waals surface area contributed by atoms with Gasteiger partial charge in [0.25, 0.3) is 0 Å². The van der Waals surface area contributed by atoms with Crippen molar-refractivity contribution in [2.75, 3.05) is 13.2 Å². The van der Waals surface area contributed by atoms with Crippen molar-refractivity contribution in [1.29, 1.82) is 0 Å². The molecule has 0 aromatic heterocycles. The summed E-state index contributed by atoms with van der Waals surface area (Å²) in [5.74, 6) is -1.19. The Morgan fingerprint density at radius 1 is 1.43 bits per heavy atom. The molecule has 0 aliphatic heterocycles. The average Bonchev–Trinajstić information content (AvgIpc) is 2.49. The molecule has 0 amide bonds. The van der Waals surface area contributed by atoms with Gasteiger partial charge in [0.05, 0.1) is 13.2 Å². The van der Waals surface area contributed by atoms with Crippen LogP contribution in [0.25, 0.3) is 0 Å². The number of aliphatic carboxylic acids is 1. The smallest absolute Gasteiger partial charge is 0.320 e. The van der Waals surface area contributed by atoms with E-state index in [1.165, 1.54) is 0 Å². The van der Waals surface area contributed by atoms with Gasteiger partial charge in [-0.3, -0.25) is 14.9 Å². The summed E-state index contributed by atoms with van der Waals surface area (Å²) in [6.45, 7) is 1.94. The highest BCUT2D eigenvalue weighted by atomic mass is 16.6. The van der Waals surface area contributed by atoms with Gasteiger partial charge in [-0.05, 0) is 18.4 Å². The van der Waals surface area contributed by atoms with Crippen molar-refractivity contribution >= 4 is 11.8 Å². The van der Waals surface area contributed by atoms with Crippen molar-refractivity contribution in [2.45, 2.75) is 44.9 Å². The lowest BCUT2D eigenvalue weighted by molar-refractivity contribution is -0.145. The summed E-state index contributed by atoms with van der Waals surface area (Å²) in [6.07, 6.45) is 6.99. The molecular formula is C15H23NO5. The number of rotatable bonds is 10. The van der Waals surface area contributed by atoms with E-state index in [1.54, 1.807) is 6.92 Å². The summed E-state index contributed by atoms with van der Waals surface area (Å²) in [5, 5.41) is 21.4. The van der Waals surface area contributed by atoms with E-state index >= 15 is 0 Å². The number of carbonyl (C=O) groups excluding carboxylic acids is 1. The van der Waals surface area contributed by atoms with Crippen LogP contribution >= 0.6 is 0 Å². The fourth-order valence-corrected chi connectivity index (χ4v) is 1.87. The Hall–Kier alpha value is -1.50. The van der Waals surface area contributed by atoms with Gasteiger partial charge in [0, 0.05) is 12.8 Å². The maximum atomic E-state index is 11.2. The number of hydrogen-bond acceptors (Lipinski definition) is 5. The third kappa shape index (κ3) is 7.17. The van der Waals surface area contributed by atoms with Crippen LogP contribution in [0.2, 0.25) is 0 Å². The maximum Gasteiger partial charge on any atom is 0.320 e. The third-order valence-electron chi connectivity index (χ3n) is 3.19. The minimum atomic E-state index is -1.19. The Labute approximate surface area is 124 Å². The van der Waals surface area contributed by atoms with Crippen LogP contribution in [0.4, 0.5) is 0 Å². The maximum absolute atomic E-state index is 11.2.